The molecule has 3 aromatic rings. The third kappa shape index (κ3) is 3.20. The van der Waals surface area contributed by atoms with Crippen LogP contribution in [0.5, 0.6) is 5.75 Å². The third-order valence-electron chi connectivity index (χ3n) is 6.01. The van der Waals surface area contributed by atoms with Crippen LogP contribution in [-0.2, 0) is 6.61 Å². The van der Waals surface area contributed by atoms with Gasteiger partial charge in [0.15, 0.2) is 0 Å². The van der Waals surface area contributed by atoms with Crippen molar-refractivity contribution in [1.29, 1.82) is 0 Å². The van der Waals surface area contributed by atoms with Crippen LogP contribution in [0.25, 0.3) is 0 Å². The summed E-state index contributed by atoms with van der Waals surface area (Å²) in [5.41, 5.74) is 6.56. The zero-order valence-corrected chi connectivity index (χ0v) is 16.1. The van der Waals surface area contributed by atoms with E-state index in [0.29, 0.717) is 24.5 Å². The first-order chi connectivity index (χ1) is 13.8. The SMILES string of the molecule is Cc1ccc2c(c1)[C@@H]1C=CC[C@@H]1[C@H](c1ccc(OCc3ccccc3)cc1)N2. The molecule has 1 heterocycles. The number of rotatable bonds is 4. The molecule has 0 amide bonds. The summed E-state index contributed by atoms with van der Waals surface area (Å²) in [6, 6.07) is 26.0. The first-order valence-electron chi connectivity index (χ1n) is 10.1. The smallest absolute Gasteiger partial charge is 0.119 e. The molecule has 0 fully saturated rings. The molecule has 1 aliphatic heterocycles. The van der Waals surface area contributed by atoms with E-state index < -0.39 is 0 Å². The molecular formula is C26H25NO. The predicted octanol–water partition coefficient (Wildman–Crippen LogP) is 6.40. The van der Waals surface area contributed by atoms with Crippen LogP contribution in [-0.4, -0.2) is 0 Å². The van der Waals surface area contributed by atoms with Crippen molar-refractivity contribution in [3.63, 3.8) is 0 Å². The maximum Gasteiger partial charge on any atom is 0.119 e. The zero-order chi connectivity index (χ0) is 18.9. The highest BCUT2D eigenvalue weighted by Crippen LogP contribution is 2.50. The standard InChI is InChI=1S/C26H25NO/c1-18-10-15-25-24(16-18)22-8-5-9-23(22)26(27-25)20-11-13-21(14-12-20)28-17-19-6-3-2-4-7-19/h2-8,10-16,22-23,26-27H,9,17H2,1H3/t22-,23+,26+/m1/s1. The van der Waals surface area contributed by atoms with Gasteiger partial charge in [0, 0.05) is 11.6 Å². The van der Waals surface area contributed by atoms with Gasteiger partial charge >= 0.3 is 0 Å². The molecule has 0 radical (unpaired) electrons. The molecule has 0 spiro atoms. The van der Waals surface area contributed by atoms with Crippen LogP contribution < -0.4 is 10.1 Å². The van der Waals surface area contributed by atoms with E-state index in [1.807, 2.05) is 18.2 Å². The molecule has 28 heavy (non-hydrogen) atoms. The number of hydrogen-bond acceptors (Lipinski definition) is 2. The number of benzene rings is 3. The number of ether oxygens (including phenoxy) is 1. The number of nitrogens with one attached hydrogen (secondary N) is 1. The molecule has 2 nitrogen and oxygen atoms in total. The summed E-state index contributed by atoms with van der Waals surface area (Å²) in [6.07, 6.45) is 5.87. The molecule has 140 valence electrons. The molecule has 5 rings (SSSR count). The second-order valence-electron chi connectivity index (χ2n) is 7.91. The van der Waals surface area contributed by atoms with Gasteiger partial charge in [0.1, 0.15) is 12.4 Å². The van der Waals surface area contributed by atoms with Crippen molar-refractivity contribution in [3.05, 3.63) is 107 Å². The average Bonchev–Trinajstić information content (AvgIpc) is 3.23. The van der Waals surface area contributed by atoms with Crippen molar-refractivity contribution in [1.82, 2.24) is 0 Å². The fraction of sp³-hybridized carbons (Fsp3) is 0.231. The summed E-state index contributed by atoms with van der Waals surface area (Å²) in [6.45, 7) is 2.78. The Hall–Kier alpha value is -3.00. The highest BCUT2D eigenvalue weighted by atomic mass is 16.5. The molecule has 1 aliphatic carbocycles. The molecule has 0 bridgehead atoms. The normalized spacial score (nSPS) is 22.2. The second kappa shape index (κ2) is 7.20. The molecule has 2 aliphatic rings. The van der Waals surface area contributed by atoms with E-state index in [1.54, 1.807) is 0 Å². The topological polar surface area (TPSA) is 21.3 Å². The van der Waals surface area contributed by atoms with Gasteiger partial charge in [-0.25, -0.2) is 0 Å². The van der Waals surface area contributed by atoms with Crippen LogP contribution in [0.1, 0.15) is 40.6 Å². The van der Waals surface area contributed by atoms with Crippen LogP contribution in [0.3, 0.4) is 0 Å². The van der Waals surface area contributed by atoms with Crippen molar-refractivity contribution in [2.24, 2.45) is 5.92 Å². The molecule has 3 atom stereocenters. The van der Waals surface area contributed by atoms with E-state index >= 15 is 0 Å². The minimum absolute atomic E-state index is 0.332. The van der Waals surface area contributed by atoms with Gasteiger partial charge in [0.25, 0.3) is 0 Å². The lowest BCUT2D eigenvalue weighted by Crippen LogP contribution is -2.29. The monoisotopic (exact) mass is 367 g/mol. The van der Waals surface area contributed by atoms with Crippen molar-refractivity contribution in [2.45, 2.75) is 31.9 Å². The summed E-state index contributed by atoms with van der Waals surface area (Å²) in [7, 11) is 0. The largest absolute Gasteiger partial charge is 0.489 e. The number of aryl methyl sites for hydroxylation is 1. The quantitative estimate of drug-likeness (QED) is 0.539. The number of hydrogen-bond donors (Lipinski definition) is 1. The molecule has 0 saturated heterocycles. The van der Waals surface area contributed by atoms with Crippen molar-refractivity contribution >= 4 is 5.69 Å². The minimum atomic E-state index is 0.332. The van der Waals surface area contributed by atoms with E-state index in [9.17, 15) is 0 Å². The van der Waals surface area contributed by atoms with E-state index in [-0.39, 0.29) is 0 Å². The summed E-state index contributed by atoms with van der Waals surface area (Å²) >= 11 is 0. The minimum Gasteiger partial charge on any atom is -0.489 e. The lowest BCUT2D eigenvalue weighted by Gasteiger charge is -2.37. The predicted molar refractivity (Wildman–Crippen MR) is 115 cm³/mol. The van der Waals surface area contributed by atoms with E-state index in [1.165, 1.54) is 27.9 Å². The second-order valence-corrected chi connectivity index (χ2v) is 7.91. The van der Waals surface area contributed by atoms with Gasteiger partial charge < -0.3 is 10.1 Å². The lowest BCUT2D eigenvalue weighted by atomic mass is 9.76. The third-order valence-corrected chi connectivity index (χ3v) is 6.01. The Bertz CT molecular complexity index is 991. The summed E-state index contributed by atoms with van der Waals surface area (Å²) in [4.78, 5) is 0. The fourth-order valence-corrected chi connectivity index (χ4v) is 4.56. The van der Waals surface area contributed by atoms with Crippen LogP contribution in [0, 0.1) is 12.8 Å². The molecular weight excluding hydrogens is 342 g/mol. The van der Waals surface area contributed by atoms with Crippen LogP contribution in [0.2, 0.25) is 0 Å². The van der Waals surface area contributed by atoms with Crippen molar-refractivity contribution in [3.8, 4) is 5.75 Å². The van der Waals surface area contributed by atoms with Gasteiger partial charge in [0.2, 0.25) is 0 Å². The van der Waals surface area contributed by atoms with Crippen molar-refractivity contribution in [2.75, 3.05) is 5.32 Å². The number of allylic oxidation sites excluding steroid dienone is 2. The first-order valence-corrected chi connectivity index (χ1v) is 10.1. The Morgan fingerprint density at radius 1 is 0.964 bits per heavy atom. The van der Waals surface area contributed by atoms with Crippen LogP contribution in [0.4, 0.5) is 5.69 Å². The highest BCUT2D eigenvalue weighted by Gasteiger charge is 2.37. The number of anilines is 1. The summed E-state index contributed by atoms with van der Waals surface area (Å²) in [5.74, 6) is 2.00. The van der Waals surface area contributed by atoms with Gasteiger partial charge in [-0.05, 0) is 54.2 Å². The molecule has 3 aromatic carbocycles. The van der Waals surface area contributed by atoms with Gasteiger partial charge in [-0.2, -0.15) is 0 Å². The Balaban J connectivity index is 1.35. The Kier molecular flexibility index (Phi) is 4.40. The van der Waals surface area contributed by atoms with Crippen LogP contribution in [0.15, 0.2) is 84.9 Å². The summed E-state index contributed by atoms with van der Waals surface area (Å²) < 4.78 is 5.96. The molecule has 0 aromatic heterocycles. The van der Waals surface area contributed by atoms with E-state index in [4.69, 9.17) is 4.74 Å². The molecule has 0 unspecified atom stereocenters. The maximum atomic E-state index is 5.96. The van der Waals surface area contributed by atoms with E-state index in [0.717, 1.165) is 12.2 Å². The van der Waals surface area contributed by atoms with Gasteiger partial charge in [-0.1, -0.05) is 72.3 Å². The van der Waals surface area contributed by atoms with Crippen molar-refractivity contribution < 1.29 is 4.74 Å². The van der Waals surface area contributed by atoms with E-state index in [2.05, 4.69) is 79.0 Å². The average molecular weight is 367 g/mol. The maximum absolute atomic E-state index is 5.96. The van der Waals surface area contributed by atoms with Crippen LogP contribution >= 0.6 is 0 Å². The summed E-state index contributed by atoms with van der Waals surface area (Å²) in [5, 5.41) is 3.81. The number of fused-ring (bicyclic) bond motifs is 3. The Labute approximate surface area is 166 Å². The van der Waals surface area contributed by atoms with Gasteiger partial charge in [-0.15, -0.1) is 0 Å². The Morgan fingerprint density at radius 3 is 2.61 bits per heavy atom. The highest BCUT2D eigenvalue weighted by molar-refractivity contribution is 5.60. The lowest BCUT2D eigenvalue weighted by molar-refractivity contribution is 0.306. The van der Waals surface area contributed by atoms with Gasteiger partial charge in [-0.3, -0.25) is 0 Å². The molecule has 2 heteroatoms. The first kappa shape index (κ1) is 17.1. The zero-order valence-electron chi connectivity index (χ0n) is 16.1. The molecule has 0 saturated carbocycles. The fourth-order valence-electron chi connectivity index (χ4n) is 4.56. The molecule has 1 N–H and O–H groups in total. The van der Waals surface area contributed by atoms with Gasteiger partial charge in [0.05, 0.1) is 6.04 Å². The Morgan fingerprint density at radius 2 is 1.79 bits per heavy atom.